The van der Waals surface area contributed by atoms with Gasteiger partial charge in [-0.05, 0) is 13.8 Å². The lowest BCUT2D eigenvalue weighted by Gasteiger charge is -2.36. The van der Waals surface area contributed by atoms with Crippen molar-refractivity contribution >= 4 is 46.1 Å². The van der Waals surface area contributed by atoms with Crippen LogP contribution in [-0.2, 0) is 9.47 Å². The summed E-state index contributed by atoms with van der Waals surface area (Å²) in [6.07, 6.45) is 0. The SMILES string of the molecule is CCOC(=O)c1cc([N+](=O)[O-])c(N2CCN(c3c([N+](=O)[O-])cc(C(=O)OCC)cc3[N+](=O)[O-])CC2)c([N+](=O)[O-])c1. The molecule has 0 unspecified atom stereocenters. The fourth-order valence-corrected chi connectivity index (χ4v) is 4.23. The van der Waals surface area contributed by atoms with Crippen molar-refractivity contribution in [1.29, 1.82) is 0 Å². The number of carbonyl (C=O) groups excluding carboxylic acids is 2. The van der Waals surface area contributed by atoms with Gasteiger partial charge >= 0.3 is 34.7 Å². The molecule has 0 saturated carbocycles. The number of nitro groups is 4. The third-order valence-electron chi connectivity index (χ3n) is 5.86. The summed E-state index contributed by atoms with van der Waals surface area (Å²) in [5.74, 6) is -1.98. The van der Waals surface area contributed by atoms with E-state index in [0.717, 1.165) is 24.3 Å². The first-order chi connectivity index (χ1) is 18.9. The maximum Gasteiger partial charge on any atom is 0.338 e. The molecule has 2 aromatic carbocycles. The van der Waals surface area contributed by atoms with Gasteiger partial charge in [-0.2, -0.15) is 0 Å². The third kappa shape index (κ3) is 5.84. The molecule has 0 aliphatic carbocycles. The van der Waals surface area contributed by atoms with Crippen molar-refractivity contribution in [2.24, 2.45) is 0 Å². The quantitative estimate of drug-likeness (QED) is 0.230. The molecule has 212 valence electrons. The van der Waals surface area contributed by atoms with Gasteiger partial charge in [0.15, 0.2) is 11.4 Å². The number of benzene rings is 2. The van der Waals surface area contributed by atoms with E-state index in [1.165, 1.54) is 23.6 Å². The molecule has 40 heavy (non-hydrogen) atoms. The van der Waals surface area contributed by atoms with Crippen LogP contribution in [0.4, 0.5) is 34.1 Å². The van der Waals surface area contributed by atoms with E-state index < -0.39 is 76.9 Å². The van der Waals surface area contributed by atoms with Crippen molar-refractivity contribution in [3.05, 3.63) is 75.8 Å². The number of carbonyl (C=O) groups is 2. The molecular formula is C22H22N6O12. The zero-order valence-corrected chi connectivity index (χ0v) is 21.1. The van der Waals surface area contributed by atoms with Crippen LogP contribution >= 0.6 is 0 Å². The highest BCUT2D eigenvalue weighted by Crippen LogP contribution is 2.42. The van der Waals surface area contributed by atoms with E-state index in [1.807, 2.05) is 0 Å². The topological polar surface area (TPSA) is 232 Å². The van der Waals surface area contributed by atoms with Gasteiger partial charge in [0.05, 0.1) is 44.0 Å². The second-order valence-electron chi connectivity index (χ2n) is 8.17. The van der Waals surface area contributed by atoms with Crippen molar-refractivity contribution in [2.75, 3.05) is 49.2 Å². The van der Waals surface area contributed by atoms with E-state index in [-0.39, 0.29) is 39.4 Å². The van der Waals surface area contributed by atoms with Gasteiger partial charge in [-0.15, -0.1) is 0 Å². The zero-order valence-electron chi connectivity index (χ0n) is 21.1. The Morgan fingerprint density at radius 2 is 0.875 bits per heavy atom. The molecule has 1 aliphatic rings. The van der Waals surface area contributed by atoms with Crippen molar-refractivity contribution in [3.63, 3.8) is 0 Å². The summed E-state index contributed by atoms with van der Waals surface area (Å²) in [6.45, 7) is 2.17. The van der Waals surface area contributed by atoms with Crippen molar-refractivity contribution in [2.45, 2.75) is 13.8 Å². The van der Waals surface area contributed by atoms with E-state index in [9.17, 15) is 50.0 Å². The minimum Gasteiger partial charge on any atom is -0.462 e. The minimum atomic E-state index is -0.990. The van der Waals surface area contributed by atoms with Crippen LogP contribution in [0.25, 0.3) is 0 Å². The van der Waals surface area contributed by atoms with E-state index in [4.69, 9.17) is 9.47 Å². The molecular weight excluding hydrogens is 540 g/mol. The van der Waals surface area contributed by atoms with Crippen LogP contribution in [-0.4, -0.2) is 71.0 Å². The lowest BCUT2D eigenvalue weighted by Crippen LogP contribution is -2.47. The highest BCUT2D eigenvalue weighted by Gasteiger charge is 2.38. The van der Waals surface area contributed by atoms with Gasteiger partial charge in [0.2, 0.25) is 0 Å². The highest BCUT2D eigenvalue weighted by atomic mass is 16.6. The number of esters is 2. The van der Waals surface area contributed by atoms with Gasteiger partial charge in [-0.25, -0.2) is 9.59 Å². The normalized spacial score (nSPS) is 12.9. The molecule has 3 rings (SSSR count). The largest absolute Gasteiger partial charge is 0.462 e. The molecule has 0 N–H and O–H groups in total. The summed E-state index contributed by atoms with van der Waals surface area (Å²) in [5, 5.41) is 47.3. The Morgan fingerprint density at radius 3 is 1.07 bits per heavy atom. The summed E-state index contributed by atoms with van der Waals surface area (Å²) < 4.78 is 9.60. The number of hydrogen-bond acceptors (Lipinski definition) is 14. The number of nitro benzene ring substituents is 4. The lowest BCUT2D eigenvalue weighted by atomic mass is 10.1. The molecule has 18 heteroatoms. The van der Waals surface area contributed by atoms with E-state index >= 15 is 0 Å². The van der Waals surface area contributed by atoms with Gasteiger partial charge in [-0.1, -0.05) is 0 Å². The number of nitrogens with zero attached hydrogens (tertiary/aromatic N) is 6. The van der Waals surface area contributed by atoms with Crippen molar-refractivity contribution in [1.82, 2.24) is 0 Å². The first kappa shape index (κ1) is 29.1. The molecule has 1 fully saturated rings. The van der Waals surface area contributed by atoms with Gasteiger partial charge in [0, 0.05) is 50.4 Å². The Labute approximate surface area is 224 Å². The Morgan fingerprint density at radius 1 is 0.625 bits per heavy atom. The van der Waals surface area contributed by atoms with Gasteiger partial charge in [-0.3, -0.25) is 40.5 Å². The second kappa shape index (κ2) is 12.0. The van der Waals surface area contributed by atoms with Crippen LogP contribution in [0.2, 0.25) is 0 Å². The summed E-state index contributed by atoms with van der Waals surface area (Å²) in [7, 11) is 0. The summed E-state index contributed by atoms with van der Waals surface area (Å²) in [4.78, 5) is 70.6. The molecule has 0 spiro atoms. The summed E-state index contributed by atoms with van der Waals surface area (Å²) >= 11 is 0. The average molecular weight is 562 g/mol. The number of ether oxygens (including phenoxy) is 2. The number of anilines is 2. The smallest absolute Gasteiger partial charge is 0.338 e. The first-order valence-electron chi connectivity index (χ1n) is 11.7. The van der Waals surface area contributed by atoms with Gasteiger partial charge in [0.25, 0.3) is 0 Å². The first-order valence-corrected chi connectivity index (χ1v) is 11.7. The van der Waals surface area contributed by atoms with E-state index in [2.05, 4.69) is 0 Å². The lowest BCUT2D eigenvalue weighted by molar-refractivity contribution is -0.393. The Hall–Kier alpha value is -5.42. The van der Waals surface area contributed by atoms with Gasteiger partial charge < -0.3 is 19.3 Å². The number of rotatable bonds is 10. The summed E-state index contributed by atoms with van der Waals surface area (Å²) in [5.41, 5.74) is -4.52. The maximum absolute atomic E-state index is 12.1. The standard InChI is InChI=1S/C22H22N6O12/c1-3-39-21(29)13-9-15(25(31)32)19(16(10-13)26(33)34)23-5-7-24(8-6-23)20-17(27(35)36)11-14(22(30)40-4-2)12-18(20)28(37)38/h9-12H,3-8H2,1-2H3. The predicted molar refractivity (Wildman–Crippen MR) is 136 cm³/mol. The minimum absolute atomic E-state index is 0.0663. The Balaban J connectivity index is 2.04. The van der Waals surface area contributed by atoms with Crippen molar-refractivity contribution in [3.8, 4) is 0 Å². The van der Waals surface area contributed by atoms with Crippen molar-refractivity contribution < 1.29 is 38.8 Å². The van der Waals surface area contributed by atoms with E-state index in [0.29, 0.717) is 0 Å². The summed E-state index contributed by atoms with van der Waals surface area (Å²) in [6, 6.07) is 3.43. The van der Waals surface area contributed by atoms with Crippen LogP contribution in [0, 0.1) is 40.5 Å². The molecule has 18 nitrogen and oxygen atoms in total. The molecule has 0 atom stereocenters. The highest BCUT2D eigenvalue weighted by molar-refractivity contribution is 5.95. The molecule has 1 heterocycles. The van der Waals surface area contributed by atoms with Crippen LogP contribution in [0.3, 0.4) is 0 Å². The molecule has 1 aliphatic heterocycles. The van der Waals surface area contributed by atoms with E-state index in [1.54, 1.807) is 0 Å². The number of piperazine rings is 1. The molecule has 0 aromatic heterocycles. The monoisotopic (exact) mass is 562 g/mol. The third-order valence-corrected chi connectivity index (χ3v) is 5.86. The zero-order chi connectivity index (χ0) is 29.7. The maximum atomic E-state index is 12.1. The van der Waals surface area contributed by atoms with Crippen LogP contribution in [0.1, 0.15) is 34.6 Å². The molecule has 0 radical (unpaired) electrons. The molecule has 0 amide bonds. The van der Waals surface area contributed by atoms with Gasteiger partial charge in [0.1, 0.15) is 0 Å². The Bertz CT molecular complexity index is 1230. The molecule has 2 aromatic rings. The van der Waals surface area contributed by atoms with Crippen LogP contribution < -0.4 is 9.80 Å². The molecule has 1 saturated heterocycles. The fraction of sp³-hybridized carbons (Fsp3) is 0.364. The fourth-order valence-electron chi connectivity index (χ4n) is 4.23. The predicted octanol–water partition coefficient (Wildman–Crippen LogP) is 3.00. The molecule has 0 bridgehead atoms. The van der Waals surface area contributed by atoms with Crippen LogP contribution in [0.5, 0.6) is 0 Å². The Kier molecular flexibility index (Phi) is 8.72. The second-order valence-corrected chi connectivity index (χ2v) is 8.17. The van der Waals surface area contributed by atoms with Crippen LogP contribution in [0.15, 0.2) is 24.3 Å². The average Bonchev–Trinajstić information content (AvgIpc) is 2.91. The number of hydrogen-bond donors (Lipinski definition) is 0.